The minimum Gasteiger partial charge on any atom is -0.488 e. The second kappa shape index (κ2) is 4.79. The highest BCUT2D eigenvalue weighted by atomic mass is 32.1. The molecule has 2 aromatic rings. The van der Waals surface area contributed by atoms with Crippen LogP contribution < -0.4 is 4.74 Å². The van der Waals surface area contributed by atoms with Crippen LogP contribution in [0.15, 0.2) is 29.6 Å². The summed E-state index contributed by atoms with van der Waals surface area (Å²) >= 11 is 1.45. The van der Waals surface area contributed by atoms with E-state index in [2.05, 4.69) is 0 Å². The molecule has 1 atom stereocenters. The van der Waals surface area contributed by atoms with Gasteiger partial charge in [0.1, 0.15) is 12.4 Å². The SMILES string of the molecule is CC(CO)c1ccc2c(c1)C(=O)c1sccc1CO2. The highest BCUT2D eigenvalue weighted by molar-refractivity contribution is 7.12. The Kier molecular flexibility index (Phi) is 3.12. The predicted octanol–water partition coefficient (Wildman–Crippen LogP) is 2.97. The van der Waals surface area contributed by atoms with Crippen LogP contribution >= 0.6 is 11.3 Å². The summed E-state index contributed by atoms with van der Waals surface area (Å²) in [6.45, 7) is 2.44. The summed E-state index contributed by atoms with van der Waals surface area (Å²) < 4.78 is 5.70. The molecule has 1 N–H and O–H groups in total. The van der Waals surface area contributed by atoms with Crippen LogP contribution in [0.25, 0.3) is 0 Å². The Morgan fingerprint density at radius 2 is 2.26 bits per heavy atom. The topological polar surface area (TPSA) is 46.5 Å². The molecule has 1 aromatic heterocycles. The maximum Gasteiger partial charge on any atom is 0.207 e. The van der Waals surface area contributed by atoms with Crippen LogP contribution in [0.5, 0.6) is 5.75 Å². The van der Waals surface area contributed by atoms with Gasteiger partial charge in [-0.15, -0.1) is 11.3 Å². The van der Waals surface area contributed by atoms with E-state index in [0.29, 0.717) is 17.9 Å². The largest absolute Gasteiger partial charge is 0.488 e. The number of benzene rings is 1. The monoisotopic (exact) mass is 274 g/mol. The second-order valence-electron chi connectivity index (χ2n) is 4.73. The number of aliphatic hydroxyl groups is 1. The Labute approximate surface area is 115 Å². The lowest BCUT2D eigenvalue weighted by Gasteiger charge is -2.12. The molecule has 0 saturated heterocycles. The predicted molar refractivity (Wildman–Crippen MR) is 74.0 cm³/mol. The van der Waals surface area contributed by atoms with Gasteiger partial charge in [0.25, 0.3) is 0 Å². The van der Waals surface area contributed by atoms with Crippen LogP contribution in [0.3, 0.4) is 0 Å². The zero-order valence-corrected chi connectivity index (χ0v) is 11.4. The highest BCUT2D eigenvalue weighted by Crippen LogP contribution is 2.33. The van der Waals surface area contributed by atoms with E-state index in [9.17, 15) is 9.90 Å². The number of thiophene rings is 1. The van der Waals surface area contributed by atoms with Crippen molar-refractivity contribution in [2.45, 2.75) is 19.4 Å². The van der Waals surface area contributed by atoms with E-state index in [1.807, 2.05) is 36.6 Å². The molecule has 1 aliphatic rings. The third-order valence-electron chi connectivity index (χ3n) is 3.43. The molecule has 1 aromatic carbocycles. The van der Waals surface area contributed by atoms with Gasteiger partial charge < -0.3 is 9.84 Å². The van der Waals surface area contributed by atoms with Gasteiger partial charge in [0, 0.05) is 18.1 Å². The molecule has 1 unspecified atom stereocenters. The molecule has 0 saturated carbocycles. The Morgan fingerprint density at radius 1 is 1.42 bits per heavy atom. The van der Waals surface area contributed by atoms with Crippen LogP contribution in [-0.4, -0.2) is 17.5 Å². The van der Waals surface area contributed by atoms with Crippen molar-refractivity contribution in [1.29, 1.82) is 0 Å². The van der Waals surface area contributed by atoms with Crippen molar-refractivity contribution in [2.75, 3.05) is 6.61 Å². The number of hydrogen-bond donors (Lipinski definition) is 1. The van der Waals surface area contributed by atoms with Crippen molar-refractivity contribution in [3.8, 4) is 5.75 Å². The first-order valence-corrected chi connectivity index (χ1v) is 7.07. The fourth-order valence-corrected chi connectivity index (χ4v) is 3.05. The molecule has 98 valence electrons. The average Bonchev–Trinajstić information content (AvgIpc) is 2.87. The third-order valence-corrected chi connectivity index (χ3v) is 4.38. The first kappa shape index (κ1) is 12.4. The van der Waals surface area contributed by atoms with Crippen LogP contribution in [0.2, 0.25) is 0 Å². The summed E-state index contributed by atoms with van der Waals surface area (Å²) in [7, 11) is 0. The van der Waals surface area contributed by atoms with E-state index < -0.39 is 0 Å². The molecule has 0 fully saturated rings. The number of rotatable bonds is 2. The molecule has 0 radical (unpaired) electrons. The van der Waals surface area contributed by atoms with Crippen LogP contribution in [0, 0.1) is 0 Å². The quantitative estimate of drug-likeness (QED) is 0.915. The molecule has 3 nitrogen and oxygen atoms in total. The summed E-state index contributed by atoms with van der Waals surface area (Å²) in [5.74, 6) is 0.663. The van der Waals surface area contributed by atoms with E-state index in [-0.39, 0.29) is 18.3 Å². The fraction of sp³-hybridized carbons (Fsp3) is 0.267. The minimum atomic E-state index is 0.0177. The number of aliphatic hydroxyl groups excluding tert-OH is 1. The molecule has 0 amide bonds. The normalized spacial score (nSPS) is 15.2. The summed E-state index contributed by atoms with van der Waals surface area (Å²) in [5, 5.41) is 11.1. The van der Waals surface area contributed by atoms with Crippen LogP contribution in [0.1, 0.15) is 39.2 Å². The molecule has 0 spiro atoms. The van der Waals surface area contributed by atoms with Gasteiger partial charge in [-0.05, 0) is 29.1 Å². The number of hydrogen-bond acceptors (Lipinski definition) is 4. The highest BCUT2D eigenvalue weighted by Gasteiger charge is 2.24. The standard InChI is InChI=1S/C15H14O3S/c1-9(7-16)10-2-3-13-12(6-10)14(17)15-11(8-18-13)4-5-19-15/h2-6,9,16H,7-8H2,1H3. The Hall–Kier alpha value is -1.65. The van der Waals surface area contributed by atoms with Crippen molar-refractivity contribution in [3.63, 3.8) is 0 Å². The van der Waals surface area contributed by atoms with E-state index in [4.69, 9.17) is 4.74 Å². The number of carbonyl (C=O) groups is 1. The summed E-state index contributed by atoms with van der Waals surface area (Å²) in [6.07, 6.45) is 0. The van der Waals surface area contributed by atoms with Crippen LogP contribution in [-0.2, 0) is 6.61 Å². The number of carbonyl (C=O) groups excluding carboxylic acids is 1. The first-order chi connectivity index (χ1) is 9.20. The number of ether oxygens (including phenoxy) is 1. The molecule has 0 bridgehead atoms. The molecule has 1 aliphatic heterocycles. The van der Waals surface area contributed by atoms with Crippen molar-refractivity contribution in [1.82, 2.24) is 0 Å². The lowest BCUT2D eigenvalue weighted by atomic mass is 9.97. The van der Waals surface area contributed by atoms with Crippen molar-refractivity contribution in [3.05, 3.63) is 51.2 Å². The molecular weight excluding hydrogens is 260 g/mol. The third kappa shape index (κ3) is 2.07. The summed E-state index contributed by atoms with van der Waals surface area (Å²) in [5.41, 5.74) is 2.50. The smallest absolute Gasteiger partial charge is 0.207 e. The fourth-order valence-electron chi connectivity index (χ4n) is 2.19. The molecule has 0 aliphatic carbocycles. The lowest BCUT2D eigenvalue weighted by molar-refractivity contribution is 0.104. The van der Waals surface area contributed by atoms with Gasteiger partial charge in [0.05, 0.1) is 10.4 Å². The maximum atomic E-state index is 12.5. The Balaban J connectivity index is 2.10. The van der Waals surface area contributed by atoms with Crippen LogP contribution in [0.4, 0.5) is 0 Å². The van der Waals surface area contributed by atoms with Gasteiger partial charge in [0.2, 0.25) is 5.78 Å². The lowest BCUT2D eigenvalue weighted by Crippen LogP contribution is -2.04. The zero-order chi connectivity index (χ0) is 13.4. The van der Waals surface area contributed by atoms with E-state index in [0.717, 1.165) is 16.0 Å². The molecule has 3 rings (SSSR count). The maximum absolute atomic E-state index is 12.5. The zero-order valence-electron chi connectivity index (χ0n) is 10.6. The second-order valence-corrected chi connectivity index (χ2v) is 5.65. The van der Waals surface area contributed by atoms with Gasteiger partial charge in [0.15, 0.2) is 0 Å². The molecular formula is C15H14O3S. The summed E-state index contributed by atoms with van der Waals surface area (Å²) in [4.78, 5) is 13.3. The Morgan fingerprint density at radius 3 is 3.05 bits per heavy atom. The molecule has 2 heterocycles. The van der Waals surface area contributed by atoms with Crippen molar-refractivity contribution < 1.29 is 14.6 Å². The van der Waals surface area contributed by atoms with Crippen molar-refractivity contribution in [2.24, 2.45) is 0 Å². The van der Waals surface area contributed by atoms with Gasteiger partial charge in [-0.2, -0.15) is 0 Å². The van der Waals surface area contributed by atoms with Gasteiger partial charge in [-0.3, -0.25) is 4.79 Å². The van der Waals surface area contributed by atoms with Gasteiger partial charge in [-0.1, -0.05) is 13.0 Å². The molecule has 4 heteroatoms. The van der Waals surface area contributed by atoms with Gasteiger partial charge >= 0.3 is 0 Å². The van der Waals surface area contributed by atoms with Gasteiger partial charge in [-0.25, -0.2) is 0 Å². The van der Waals surface area contributed by atoms with E-state index in [1.54, 1.807) is 0 Å². The average molecular weight is 274 g/mol. The van der Waals surface area contributed by atoms with Crippen molar-refractivity contribution >= 4 is 17.1 Å². The Bertz CT molecular complexity index is 630. The number of ketones is 1. The van der Waals surface area contributed by atoms with E-state index in [1.165, 1.54) is 11.3 Å². The first-order valence-electron chi connectivity index (χ1n) is 6.19. The minimum absolute atomic E-state index is 0.0177. The number of fused-ring (bicyclic) bond motifs is 2. The molecule has 19 heavy (non-hydrogen) atoms. The van der Waals surface area contributed by atoms with E-state index >= 15 is 0 Å². The summed E-state index contributed by atoms with van der Waals surface area (Å²) in [6, 6.07) is 7.51.